The van der Waals surface area contributed by atoms with Crippen molar-refractivity contribution in [2.75, 3.05) is 39.9 Å². The van der Waals surface area contributed by atoms with Gasteiger partial charge < -0.3 is 21.1 Å². The van der Waals surface area contributed by atoms with Crippen LogP contribution in [0.4, 0.5) is 0 Å². The molecular weight excluding hydrogens is 284 g/mol. The maximum atomic E-state index is 11.8. The number of nitrogens with zero attached hydrogens (tertiary/aromatic N) is 1. The number of nitrogens with one attached hydrogen (secondary N) is 2. The summed E-state index contributed by atoms with van der Waals surface area (Å²) in [6.45, 7) is 6.96. The van der Waals surface area contributed by atoms with Crippen LogP contribution >= 0.6 is 0 Å². The van der Waals surface area contributed by atoms with E-state index in [1.807, 2.05) is 13.8 Å². The number of likely N-dealkylation sites (tertiary alicyclic amines) is 1. The summed E-state index contributed by atoms with van der Waals surface area (Å²) in [6, 6.07) is -0.222. The molecule has 1 aliphatic rings. The third-order valence-electron chi connectivity index (χ3n) is 4.06. The number of nitrogens with two attached hydrogens (primary N) is 1. The van der Waals surface area contributed by atoms with Gasteiger partial charge in [-0.25, -0.2) is 0 Å². The van der Waals surface area contributed by atoms with Gasteiger partial charge in [0.05, 0.1) is 19.2 Å². The van der Waals surface area contributed by atoms with Gasteiger partial charge in [-0.05, 0) is 25.3 Å². The van der Waals surface area contributed by atoms with Gasteiger partial charge in [-0.15, -0.1) is 0 Å². The second kappa shape index (κ2) is 9.76. The Hall–Kier alpha value is -1.18. The van der Waals surface area contributed by atoms with E-state index in [0.717, 1.165) is 25.9 Å². The van der Waals surface area contributed by atoms with E-state index in [-0.39, 0.29) is 24.3 Å². The van der Waals surface area contributed by atoms with Crippen molar-refractivity contribution in [2.24, 2.45) is 11.7 Å². The van der Waals surface area contributed by atoms with Crippen LogP contribution in [0.2, 0.25) is 0 Å². The van der Waals surface area contributed by atoms with Crippen LogP contribution in [0.25, 0.3) is 0 Å². The highest BCUT2D eigenvalue weighted by Gasteiger charge is 2.24. The van der Waals surface area contributed by atoms with Gasteiger partial charge in [0.15, 0.2) is 0 Å². The van der Waals surface area contributed by atoms with Crippen molar-refractivity contribution in [3.05, 3.63) is 0 Å². The molecule has 1 rings (SSSR count). The minimum atomic E-state index is -0.577. The zero-order valence-electron chi connectivity index (χ0n) is 13.9. The molecule has 2 amide bonds. The number of ether oxygens (including phenoxy) is 1. The Bertz CT molecular complexity index is 363. The maximum Gasteiger partial charge on any atom is 0.239 e. The summed E-state index contributed by atoms with van der Waals surface area (Å²) in [5, 5.41) is 5.45. The number of hydrogen-bond acceptors (Lipinski definition) is 5. The molecule has 0 aliphatic carbocycles. The van der Waals surface area contributed by atoms with Crippen molar-refractivity contribution in [2.45, 2.75) is 38.8 Å². The smallest absolute Gasteiger partial charge is 0.239 e. The first-order chi connectivity index (χ1) is 10.5. The molecule has 1 fully saturated rings. The molecule has 0 radical (unpaired) electrons. The van der Waals surface area contributed by atoms with Gasteiger partial charge in [-0.3, -0.25) is 14.5 Å². The van der Waals surface area contributed by atoms with Crippen LogP contribution in [0.1, 0.15) is 26.7 Å². The lowest BCUT2D eigenvalue weighted by Gasteiger charge is -2.24. The van der Waals surface area contributed by atoms with E-state index in [0.29, 0.717) is 19.2 Å². The molecule has 1 heterocycles. The van der Waals surface area contributed by atoms with E-state index >= 15 is 0 Å². The summed E-state index contributed by atoms with van der Waals surface area (Å²) < 4.78 is 5.10. The largest absolute Gasteiger partial charge is 0.383 e. The summed E-state index contributed by atoms with van der Waals surface area (Å²) in [4.78, 5) is 25.8. The molecule has 1 unspecified atom stereocenters. The minimum absolute atomic E-state index is 0.0238. The molecule has 4 N–H and O–H groups in total. The lowest BCUT2D eigenvalue weighted by atomic mass is 10.1. The van der Waals surface area contributed by atoms with Crippen molar-refractivity contribution < 1.29 is 14.3 Å². The Labute approximate surface area is 132 Å². The van der Waals surface area contributed by atoms with Crippen molar-refractivity contribution in [3.8, 4) is 0 Å². The fourth-order valence-corrected chi connectivity index (χ4v) is 2.51. The van der Waals surface area contributed by atoms with Gasteiger partial charge in [-0.2, -0.15) is 0 Å². The lowest BCUT2D eigenvalue weighted by Crippen LogP contribution is -2.48. The molecule has 1 aliphatic heterocycles. The van der Waals surface area contributed by atoms with Crippen LogP contribution in [-0.4, -0.2) is 68.7 Å². The Morgan fingerprint density at radius 2 is 2.09 bits per heavy atom. The van der Waals surface area contributed by atoms with Crippen molar-refractivity contribution >= 4 is 11.8 Å². The topological polar surface area (TPSA) is 96.7 Å². The third kappa shape index (κ3) is 6.29. The zero-order valence-corrected chi connectivity index (χ0v) is 13.9. The SMILES string of the molecule is COCCN1CCCC1CNC(=O)CNC(=O)[C@@H](N)C(C)C. The van der Waals surface area contributed by atoms with Crippen molar-refractivity contribution in [3.63, 3.8) is 0 Å². The first-order valence-electron chi connectivity index (χ1n) is 7.98. The van der Waals surface area contributed by atoms with Crippen LogP contribution in [-0.2, 0) is 14.3 Å². The fourth-order valence-electron chi connectivity index (χ4n) is 2.51. The third-order valence-corrected chi connectivity index (χ3v) is 4.06. The molecule has 7 heteroatoms. The molecule has 0 aromatic rings. The number of hydrogen-bond donors (Lipinski definition) is 3. The Morgan fingerprint density at radius 1 is 1.36 bits per heavy atom. The van der Waals surface area contributed by atoms with Gasteiger partial charge >= 0.3 is 0 Å². The summed E-state index contributed by atoms with van der Waals surface area (Å²) in [7, 11) is 1.69. The summed E-state index contributed by atoms with van der Waals surface area (Å²) in [6.07, 6.45) is 2.22. The molecule has 0 aromatic heterocycles. The second-order valence-corrected chi connectivity index (χ2v) is 6.12. The van der Waals surface area contributed by atoms with Gasteiger partial charge in [0.2, 0.25) is 11.8 Å². The quantitative estimate of drug-likeness (QED) is 0.524. The van der Waals surface area contributed by atoms with E-state index in [1.165, 1.54) is 0 Å². The van der Waals surface area contributed by atoms with Crippen molar-refractivity contribution in [1.29, 1.82) is 0 Å². The van der Waals surface area contributed by atoms with Crippen LogP contribution in [0.15, 0.2) is 0 Å². The van der Waals surface area contributed by atoms with Crippen molar-refractivity contribution in [1.82, 2.24) is 15.5 Å². The Morgan fingerprint density at radius 3 is 2.73 bits per heavy atom. The average Bonchev–Trinajstić information content (AvgIpc) is 2.94. The number of rotatable bonds is 9. The molecule has 7 nitrogen and oxygen atoms in total. The molecular formula is C15H30N4O3. The van der Waals surface area contributed by atoms with Gasteiger partial charge in [0.25, 0.3) is 0 Å². The first kappa shape index (κ1) is 18.9. The second-order valence-electron chi connectivity index (χ2n) is 6.12. The summed E-state index contributed by atoms with van der Waals surface area (Å²) in [5.41, 5.74) is 5.72. The molecule has 0 bridgehead atoms. The van der Waals surface area contributed by atoms with Gasteiger partial charge in [0.1, 0.15) is 0 Å². The predicted molar refractivity (Wildman–Crippen MR) is 85.3 cm³/mol. The van der Waals surface area contributed by atoms with E-state index in [4.69, 9.17) is 10.5 Å². The summed E-state index contributed by atoms with van der Waals surface area (Å²) >= 11 is 0. The normalized spacial score (nSPS) is 20.1. The first-order valence-corrected chi connectivity index (χ1v) is 7.98. The molecule has 0 saturated carbocycles. The number of carbonyl (C=O) groups excluding carboxylic acids is 2. The van der Waals surface area contributed by atoms with Crippen LogP contribution in [0, 0.1) is 5.92 Å². The molecule has 0 aromatic carbocycles. The van der Waals surface area contributed by atoms with Gasteiger partial charge in [-0.1, -0.05) is 13.8 Å². The Kier molecular flexibility index (Phi) is 8.37. The number of methoxy groups -OCH3 is 1. The molecule has 2 atom stereocenters. The van der Waals surface area contributed by atoms with Crippen LogP contribution < -0.4 is 16.4 Å². The highest BCUT2D eigenvalue weighted by atomic mass is 16.5. The molecule has 22 heavy (non-hydrogen) atoms. The summed E-state index contributed by atoms with van der Waals surface area (Å²) in [5.74, 6) is -0.411. The van der Waals surface area contributed by atoms with E-state index in [1.54, 1.807) is 7.11 Å². The zero-order chi connectivity index (χ0) is 16.5. The highest BCUT2D eigenvalue weighted by molar-refractivity contribution is 5.87. The number of carbonyl (C=O) groups is 2. The molecule has 0 spiro atoms. The fraction of sp³-hybridized carbons (Fsp3) is 0.867. The van der Waals surface area contributed by atoms with Gasteiger partial charge in [0, 0.05) is 26.2 Å². The minimum Gasteiger partial charge on any atom is -0.383 e. The van der Waals surface area contributed by atoms with Crippen LogP contribution in [0.3, 0.4) is 0 Å². The average molecular weight is 314 g/mol. The predicted octanol–water partition coefficient (Wildman–Crippen LogP) is -0.687. The lowest BCUT2D eigenvalue weighted by molar-refractivity contribution is -0.127. The Balaban J connectivity index is 2.24. The molecule has 128 valence electrons. The maximum absolute atomic E-state index is 11.8. The highest BCUT2D eigenvalue weighted by Crippen LogP contribution is 2.15. The standard InChI is InChI=1S/C15H30N4O3/c1-11(2)14(16)15(21)18-10-13(20)17-9-12-5-4-6-19(12)7-8-22-3/h11-12,14H,4-10,16H2,1-3H3,(H,17,20)(H,18,21)/t12?,14-/m0/s1. The van der Waals surface area contributed by atoms with E-state index < -0.39 is 6.04 Å². The number of amides is 2. The van der Waals surface area contributed by atoms with E-state index in [9.17, 15) is 9.59 Å². The molecule has 1 saturated heterocycles. The monoisotopic (exact) mass is 314 g/mol. The van der Waals surface area contributed by atoms with E-state index in [2.05, 4.69) is 15.5 Å². The van der Waals surface area contributed by atoms with Crippen LogP contribution in [0.5, 0.6) is 0 Å².